The Morgan fingerprint density at radius 2 is 1.12 bits per heavy atom. The van der Waals surface area contributed by atoms with Crippen LogP contribution in [0.5, 0.6) is 0 Å². The van der Waals surface area contributed by atoms with E-state index < -0.39 is 11.7 Å². The van der Waals surface area contributed by atoms with Crippen molar-refractivity contribution < 1.29 is 22.2 Å². The summed E-state index contributed by atoms with van der Waals surface area (Å²) in [6.07, 6.45) is 5.21. The molecule has 0 fully saturated rings. The molecule has 0 saturated heterocycles. The minimum absolute atomic E-state index is 0.141. The molecule has 0 saturated carbocycles. The van der Waals surface area contributed by atoms with E-state index >= 15 is 0 Å². The number of nitrogens with one attached hydrogen (secondary N) is 2. The van der Waals surface area contributed by atoms with Crippen LogP contribution in [0.1, 0.15) is 200 Å². The number of aryl methyl sites for hydroxylation is 5. The summed E-state index contributed by atoms with van der Waals surface area (Å²) in [7, 11) is 1.95. The van der Waals surface area contributed by atoms with Crippen LogP contribution in [0.4, 0.5) is 13.2 Å². The molecule has 0 amide bonds. The normalized spacial score (nSPS) is 11.0. The van der Waals surface area contributed by atoms with E-state index in [-0.39, 0.29) is 11.6 Å². The van der Waals surface area contributed by atoms with Gasteiger partial charge < -0.3 is 13.6 Å². The Kier molecular flexibility index (Phi) is 25.1. The Morgan fingerprint density at radius 3 is 1.34 bits per heavy atom. The molecule has 0 aliphatic rings. The van der Waals surface area contributed by atoms with Crippen molar-refractivity contribution in [3.05, 3.63) is 105 Å². The molecule has 0 aliphatic carbocycles. The van der Waals surface area contributed by atoms with Crippen molar-refractivity contribution >= 4 is 11.3 Å². The van der Waals surface area contributed by atoms with Crippen LogP contribution in [0.25, 0.3) is 0 Å². The maximum absolute atomic E-state index is 12.2. The number of halogens is 3. The van der Waals surface area contributed by atoms with Crippen molar-refractivity contribution in [3.8, 4) is 0 Å². The van der Waals surface area contributed by atoms with Crippen LogP contribution < -0.4 is 0 Å². The second-order valence-electron chi connectivity index (χ2n) is 17.3. The molecule has 7 heterocycles. The highest BCUT2D eigenvalue weighted by molar-refractivity contribution is 7.09. The zero-order valence-electron chi connectivity index (χ0n) is 41.8. The molecule has 65 heavy (non-hydrogen) atoms. The van der Waals surface area contributed by atoms with Crippen molar-refractivity contribution in [3.63, 3.8) is 0 Å². The van der Waals surface area contributed by atoms with Gasteiger partial charge in [-0.15, -0.1) is 36.8 Å². The van der Waals surface area contributed by atoms with E-state index in [1.165, 1.54) is 11.3 Å². The van der Waals surface area contributed by atoms with Crippen LogP contribution in [-0.2, 0) is 13.2 Å². The summed E-state index contributed by atoms with van der Waals surface area (Å²) in [6.45, 7) is 36.8. The van der Waals surface area contributed by atoms with Gasteiger partial charge in [0.1, 0.15) is 35.2 Å². The molecule has 0 radical (unpaired) electrons. The highest BCUT2D eigenvalue weighted by Crippen LogP contribution is 2.33. The summed E-state index contributed by atoms with van der Waals surface area (Å²) >= 11 is 1.61. The van der Waals surface area contributed by atoms with Crippen LogP contribution in [0.15, 0.2) is 52.0 Å². The summed E-state index contributed by atoms with van der Waals surface area (Å²) in [4.78, 5) is 0. The number of aromatic amines is 2. The fraction of sp³-hybridized carbons (Fsp3) is 0.600. The van der Waals surface area contributed by atoms with Gasteiger partial charge in [0, 0.05) is 47.4 Å². The maximum atomic E-state index is 12.2. The van der Waals surface area contributed by atoms with E-state index in [0.29, 0.717) is 35.6 Å². The maximum Gasteiger partial charge on any atom is 0.419 e. The number of nitrogens with zero attached hydrogens (tertiary/aromatic N) is 12. The van der Waals surface area contributed by atoms with Gasteiger partial charge in [-0.2, -0.15) is 23.4 Å². The smallest absolute Gasteiger partial charge is 0.364 e. The van der Waals surface area contributed by atoms with Gasteiger partial charge in [0.15, 0.2) is 0 Å². The number of hydrogen-bond acceptors (Lipinski definition) is 13. The third-order valence-electron chi connectivity index (χ3n) is 9.04. The van der Waals surface area contributed by atoms with E-state index in [9.17, 15) is 13.2 Å². The largest absolute Gasteiger partial charge is 0.419 e. The standard InChI is InChI=1S/C7H9F3N2.C7H12N2.2C7H11NO.2C6H11N3.C5H8N2S/c1-4(2)6-5(3-11-12-6)7(8,9)10;1-5(2)7-6(3)4-8-9-7;2*1-5(2)7-6(3)4-9-8-7;1-5(2)6-8-7-4-9(6)3;1-5(2)9-6(3)4-7-8-9;1-4(2)5-7-6-3-8-5/h3-4H,1-2H3,(H,11,12);4-5H,1-3H3,(H,8,9);4*4-5H,1-3H3;3-4H,1-2H3. The summed E-state index contributed by atoms with van der Waals surface area (Å²) in [5, 5.41) is 44.3. The quantitative estimate of drug-likeness (QED) is 0.154. The fourth-order valence-corrected chi connectivity index (χ4v) is 6.24. The topological polar surface area (TPSA) is 197 Å². The Balaban J connectivity index is 0.000000380. The van der Waals surface area contributed by atoms with Crippen molar-refractivity contribution in [2.45, 2.75) is 172 Å². The monoisotopic (exact) mass is 931 g/mol. The molecule has 0 bridgehead atoms. The first-order chi connectivity index (χ1) is 30.3. The average molecular weight is 931 g/mol. The van der Waals surface area contributed by atoms with Gasteiger partial charge in [0.05, 0.1) is 41.2 Å². The molecule has 0 atom stereocenters. The lowest BCUT2D eigenvalue weighted by Gasteiger charge is -2.08. The molecule has 2 N–H and O–H groups in total. The molecule has 16 nitrogen and oxygen atoms in total. The summed E-state index contributed by atoms with van der Waals surface area (Å²) in [5.41, 5.74) is 9.26. The lowest BCUT2D eigenvalue weighted by Crippen LogP contribution is -2.08. The third kappa shape index (κ3) is 20.5. The molecule has 7 rings (SSSR count). The van der Waals surface area contributed by atoms with Gasteiger partial charge in [0.25, 0.3) is 0 Å². The molecule has 0 aromatic carbocycles. The number of aromatic nitrogens is 14. The number of rotatable bonds is 7. The Labute approximate surface area is 387 Å². The van der Waals surface area contributed by atoms with Crippen molar-refractivity contribution in [1.82, 2.24) is 70.7 Å². The first-order valence-corrected chi connectivity index (χ1v) is 22.6. The highest BCUT2D eigenvalue weighted by Gasteiger charge is 2.35. The van der Waals surface area contributed by atoms with Crippen LogP contribution in [0.2, 0.25) is 0 Å². The molecule has 7 aromatic rings. The van der Waals surface area contributed by atoms with E-state index in [2.05, 4.69) is 151 Å². The van der Waals surface area contributed by atoms with E-state index in [4.69, 9.17) is 9.05 Å². The minimum atomic E-state index is -4.30. The Morgan fingerprint density at radius 1 is 0.600 bits per heavy atom. The van der Waals surface area contributed by atoms with Crippen LogP contribution >= 0.6 is 11.3 Å². The Bertz CT molecular complexity index is 2000. The number of hydrogen-bond donors (Lipinski definition) is 2. The third-order valence-corrected chi connectivity index (χ3v) is 10.0. The first-order valence-electron chi connectivity index (χ1n) is 21.7. The average Bonchev–Trinajstić information content (AvgIpc) is 4.06. The van der Waals surface area contributed by atoms with Gasteiger partial charge in [-0.3, -0.25) is 10.2 Å². The lowest BCUT2D eigenvalue weighted by atomic mass is 10.1. The van der Waals surface area contributed by atoms with E-state index in [0.717, 1.165) is 45.2 Å². The SMILES string of the molecule is CC(C)c1[nH]ncc1C(F)(F)F.CC(C)c1nncn1C.CC(C)c1nncs1.Cc1cn[nH]c1C(C)C.Cc1cnnn1C(C)C.Cc1conc1C(C)C.Cc1conc1C(C)C. The summed E-state index contributed by atoms with van der Waals surface area (Å²) in [6, 6.07) is 0.424. The minimum Gasteiger partial charge on any atom is -0.364 e. The van der Waals surface area contributed by atoms with Crippen LogP contribution in [0.3, 0.4) is 0 Å². The molecule has 20 heteroatoms. The van der Waals surface area contributed by atoms with Crippen molar-refractivity contribution in [1.29, 1.82) is 0 Å². The lowest BCUT2D eigenvalue weighted by molar-refractivity contribution is -0.138. The van der Waals surface area contributed by atoms with Gasteiger partial charge in [0.2, 0.25) is 0 Å². The van der Waals surface area contributed by atoms with Gasteiger partial charge in [-0.25, -0.2) is 4.68 Å². The molecular weight excluding hydrogens is 858 g/mol. The van der Waals surface area contributed by atoms with Gasteiger partial charge in [-0.1, -0.05) is 98.6 Å². The second-order valence-corrected chi connectivity index (χ2v) is 18.2. The van der Waals surface area contributed by atoms with Gasteiger partial charge >= 0.3 is 6.18 Å². The predicted molar refractivity (Wildman–Crippen MR) is 250 cm³/mol. The second kappa shape index (κ2) is 28.4. The fourth-order valence-electron chi connectivity index (χ4n) is 5.67. The number of H-pyrrole nitrogens is 2. The van der Waals surface area contributed by atoms with Crippen LogP contribution in [-0.4, -0.2) is 70.7 Å². The molecule has 0 unspecified atom stereocenters. The molecule has 362 valence electrons. The van der Waals surface area contributed by atoms with E-state index in [1.807, 2.05) is 43.3 Å². The highest BCUT2D eigenvalue weighted by atomic mass is 32.1. The van der Waals surface area contributed by atoms with E-state index in [1.54, 1.807) is 55.7 Å². The molecule has 0 aliphatic heterocycles. The van der Waals surface area contributed by atoms with Crippen LogP contribution in [0, 0.1) is 27.7 Å². The summed E-state index contributed by atoms with van der Waals surface area (Å²) in [5.74, 6) is 3.36. The molecule has 0 spiro atoms. The van der Waals surface area contributed by atoms with Crippen molar-refractivity contribution in [2.24, 2.45) is 7.05 Å². The summed E-state index contributed by atoms with van der Waals surface area (Å²) < 4.78 is 49.9. The van der Waals surface area contributed by atoms with Crippen molar-refractivity contribution in [2.75, 3.05) is 0 Å². The molecule has 7 aromatic heterocycles. The first kappa shape index (κ1) is 57.5. The van der Waals surface area contributed by atoms with Gasteiger partial charge in [-0.05, 0) is 70.8 Å². The molecular formula is C45H73F3N14O2S. The number of alkyl halides is 3. The Hall–Kier alpha value is -5.53. The predicted octanol–water partition coefficient (Wildman–Crippen LogP) is 12.4. The zero-order chi connectivity index (χ0) is 49.6. The zero-order valence-corrected chi connectivity index (χ0v) is 42.6.